The average Bonchev–Trinajstić information content (AvgIpc) is 2.04. The zero-order valence-corrected chi connectivity index (χ0v) is 10.0. The van der Waals surface area contributed by atoms with Gasteiger partial charge in [0.05, 0.1) is 6.10 Å². The molecule has 1 N–H and O–H groups in total. The minimum Gasteiger partial charge on any atom is -0.388 e. The van der Waals surface area contributed by atoms with E-state index in [0.29, 0.717) is 6.42 Å². The van der Waals surface area contributed by atoms with Gasteiger partial charge in [0, 0.05) is 26.9 Å². The summed E-state index contributed by atoms with van der Waals surface area (Å²) >= 11 is 6.66. The first-order valence-corrected chi connectivity index (χ1v) is 5.33. The van der Waals surface area contributed by atoms with E-state index in [1.54, 1.807) is 18.5 Å². The minimum absolute atomic E-state index is 0.529. The lowest BCUT2D eigenvalue weighted by Gasteiger charge is -2.11. The minimum atomic E-state index is -0.538. The van der Waals surface area contributed by atoms with Crippen molar-refractivity contribution < 1.29 is 5.11 Å². The van der Waals surface area contributed by atoms with Crippen molar-refractivity contribution in [1.29, 1.82) is 0 Å². The molecule has 2 nitrogen and oxygen atoms in total. The van der Waals surface area contributed by atoms with Crippen LogP contribution in [-0.4, -0.2) is 10.1 Å². The van der Waals surface area contributed by atoms with Gasteiger partial charge in [0.2, 0.25) is 0 Å². The topological polar surface area (TPSA) is 33.1 Å². The number of aromatic nitrogens is 1. The van der Waals surface area contributed by atoms with Gasteiger partial charge in [-0.2, -0.15) is 0 Å². The molecule has 0 radical (unpaired) electrons. The van der Waals surface area contributed by atoms with Crippen LogP contribution in [0, 0.1) is 0 Å². The Balaban J connectivity index is 3.04. The van der Waals surface area contributed by atoms with Crippen LogP contribution in [0.3, 0.4) is 0 Å². The zero-order valence-electron chi connectivity index (χ0n) is 6.87. The first-order valence-electron chi connectivity index (χ1n) is 3.74. The summed E-state index contributed by atoms with van der Waals surface area (Å²) in [6.45, 7) is 3.58. The van der Waals surface area contributed by atoms with Crippen molar-refractivity contribution in [3.63, 3.8) is 0 Å². The van der Waals surface area contributed by atoms with Gasteiger partial charge in [0.1, 0.15) is 0 Å². The lowest BCUT2D eigenvalue weighted by molar-refractivity contribution is 0.180. The van der Waals surface area contributed by atoms with Gasteiger partial charge in [-0.05, 0) is 38.3 Å². The Morgan fingerprint density at radius 2 is 2.00 bits per heavy atom. The maximum atomic E-state index is 9.72. The molecule has 0 aliphatic rings. The molecule has 1 heterocycles. The molecule has 0 aliphatic carbocycles. The Hall–Kier alpha value is -0.190. The number of halogens is 2. The van der Waals surface area contributed by atoms with Gasteiger partial charge in [0.15, 0.2) is 0 Å². The summed E-state index contributed by atoms with van der Waals surface area (Å²) in [5.41, 5.74) is 0.815. The van der Waals surface area contributed by atoms with E-state index in [1.165, 1.54) is 0 Å². The fraction of sp³-hybridized carbons (Fsp3) is 0.222. The van der Waals surface area contributed by atoms with E-state index < -0.39 is 6.10 Å². The summed E-state index contributed by atoms with van der Waals surface area (Å²) in [6, 6.07) is 0. The Morgan fingerprint density at radius 1 is 1.46 bits per heavy atom. The highest BCUT2D eigenvalue weighted by Crippen LogP contribution is 2.31. The zero-order chi connectivity index (χ0) is 9.84. The first-order chi connectivity index (χ1) is 6.16. The summed E-state index contributed by atoms with van der Waals surface area (Å²) in [5.74, 6) is 0. The van der Waals surface area contributed by atoms with Crippen LogP contribution in [0.15, 0.2) is 34.0 Å². The average molecular weight is 307 g/mol. The molecule has 0 aliphatic heterocycles. The van der Waals surface area contributed by atoms with Gasteiger partial charge in [-0.25, -0.2) is 0 Å². The van der Waals surface area contributed by atoms with E-state index in [9.17, 15) is 5.11 Å². The fourth-order valence-corrected chi connectivity index (χ4v) is 2.47. The van der Waals surface area contributed by atoms with Crippen LogP contribution in [0.5, 0.6) is 0 Å². The number of hydrogen-bond acceptors (Lipinski definition) is 2. The van der Waals surface area contributed by atoms with E-state index >= 15 is 0 Å². The summed E-state index contributed by atoms with van der Waals surface area (Å²) in [6.07, 6.45) is 4.99. The standard InChI is InChI=1S/C9H9Br2NO/c1-2-3-8(13)9-6(10)4-12-5-7(9)11/h2,4-5,8,13H,1,3H2. The molecule has 1 atom stereocenters. The van der Waals surface area contributed by atoms with Crippen molar-refractivity contribution in [2.75, 3.05) is 0 Å². The van der Waals surface area contributed by atoms with Crippen molar-refractivity contribution in [3.05, 3.63) is 39.6 Å². The van der Waals surface area contributed by atoms with Crippen LogP contribution in [0.4, 0.5) is 0 Å². The van der Waals surface area contributed by atoms with Gasteiger partial charge < -0.3 is 5.11 Å². The summed E-state index contributed by atoms with van der Waals surface area (Å²) in [5, 5.41) is 9.72. The van der Waals surface area contributed by atoms with E-state index in [0.717, 1.165) is 14.5 Å². The normalized spacial score (nSPS) is 12.5. The fourth-order valence-electron chi connectivity index (χ4n) is 1.02. The first kappa shape index (κ1) is 10.9. The molecule has 13 heavy (non-hydrogen) atoms. The van der Waals surface area contributed by atoms with Gasteiger partial charge in [-0.3, -0.25) is 4.98 Å². The smallest absolute Gasteiger partial charge is 0.0847 e. The highest BCUT2D eigenvalue weighted by molar-refractivity contribution is 9.11. The molecule has 0 fully saturated rings. The molecule has 0 spiro atoms. The maximum Gasteiger partial charge on any atom is 0.0847 e. The van der Waals surface area contributed by atoms with Crippen molar-refractivity contribution in [2.45, 2.75) is 12.5 Å². The van der Waals surface area contributed by atoms with Gasteiger partial charge >= 0.3 is 0 Å². The van der Waals surface area contributed by atoms with Crippen LogP contribution in [-0.2, 0) is 0 Å². The van der Waals surface area contributed by atoms with Crippen LogP contribution in [0.25, 0.3) is 0 Å². The lowest BCUT2D eigenvalue weighted by Crippen LogP contribution is -1.98. The van der Waals surface area contributed by atoms with Gasteiger partial charge in [-0.1, -0.05) is 6.08 Å². The second-order valence-electron chi connectivity index (χ2n) is 2.56. The quantitative estimate of drug-likeness (QED) is 0.870. The molecule has 1 unspecified atom stereocenters. The lowest BCUT2D eigenvalue weighted by atomic mass is 10.1. The molecular weight excluding hydrogens is 298 g/mol. The molecule has 0 saturated carbocycles. The Labute approximate surface area is 94.0 Å². The molecule has 4 heteroatoms. The second-order valence-corrected chi connectivity index (χ2v) is 4.27. The highest BCUT2D eigenvalue weighted by atomic mass is 79.9. The van der Waals surface area contributed by atoms with Crippen LogP contribution >= 0.6 is 31.9 Å². The highest BCUT2D eigenvalue weighted by Gasteiger charge is 2.13. The summed E-state index contributed by atoms with van der Waals surface area (Å²) < 4.78 is 1.60. The molecule has 1 aromatic rings. The molecule has 70 valence electrons. The molecule has 1 aromatic heterocycles. The molecule has 0 amide bonds. The third-order valence-electron chi connectivity index (χ3n) is 1.61. The van der Waals surface area contributed by atoms with Gasteiger partial charge in [-0.15, -0.1) is 6.58 Å². The Morgan fingerprint density at radius 3 is 2.46 bits per heavy atom. The Kier molecular flexibility index (Phi) is 4.09. The van der Waals surface area contributed by atoms with Crippen molar-refractivity contribution in [3.8, 4) is 0 Å². The summed E-state index contributed by atoms with van der Waals surface area (Å²) in [4.78, 5) is 3.96. The summed E-state index contributed by atoms with van der Waals surface area (Å²) in [7, 11) is 0. The number of aliphatic hydroxyl groups excluding tert-OH is 1. The van der Waals surface area contributed by atoms with Crippen LogP contribution < -0.4 is 0 Å². The van der Waals surface area contributed by atoms with Crippen molar-refractivity contribution in [2.24, 2.45) is 0 Å². The number of hydrogen-bond donors (Lipinski definition) is 1. The van der Waals surface area contributed by atoms with Crippen LogP contribution in [0.2, 0.25) is 0 Å². The molecule has 1 rings (SSSR count). The predicted molar refractivity (Wildman–Crippen MR) is 59.4 cm³/mol. The maximum absolute atomic E-state index is 9.72. The molecule has 0 aromatic carbocycles. The Bertz CT molecular complexity index is 294. The van der Waals surface area contributed by atoms with E-state index in [2.05, 4.69) is 43.4 Å². The number of aliphatic hydroxyl groups is 1. The van der Waals surface area contributed by atoms with Gasteiger partial charge in [0.25, 0.3) is 0 Å². The second kappa shape index (κ2) is 4.88. The van der Waals surface area contributed by atoms with Crippen LogP contribution in [0.1, 0.15) is 18.1 Å². The van der Waals surface area contributed by atoms with Crippen molar-refractivity contribution in [1.82, 2.24) is 4.98 Å². The molecule has 0 saturated heterocycles. The number of pyridine rings is 1. The van der Waals surface area contributed by atoms with E-state index in [4.69, 9.17) is 0 Å². The molecular formula is C9H9Br2NO. The predicted octanol–water partition coefficient (Wildman–Crippen LogP) is 3.22. The number of rotatable bonds is 3. The largest absolute Gasteiger partial charge is 0.388 e. The van der Waals surface area contributed by atoms with E-state index in [-0.39, 0.29) is 0 Å². The van der Waals surface area contributed by atoms with Crippen molar-refractivity contribution >= 4 is 31.9 Å². The SMILES string of the molecule is C=CCC(O)c1c(Br)cncc1Br. The molecule has 0 bridgehead atoms. The monoisotopic (exact) mass is 305 g/mol. The third-order valence-corrected chi connectivity index (χ3v) is 2.88. The third kappa shape index (κ3) is 2.62. The van der Waals surface area contributed by atoms with E-state index in [1.807, 2.05) is 0 Å². The number of nitrogens with zero attached hydrogens (tertiary/aromatic N) is 1.